The monoisotopic (exact) mass is 403 g/mol. The van der Waals surface area contributed by atoms with Crippen molar-refractivity contribution in [3.05, 3.63) is 53.6 Å². The molecule has 3 rings (SSSR count). The van der Waals surface area contributed by atoms with E-state index in [-0.39, 0.29) is 16.8 Å². The number of methoxy groups -OCH3 is 1. The molecule has 2 aromatic carbocycles. The molecular formula is C21H25NO5S. The van der Waals surface area contributed by atoms with E-state index in [0.717, 1.165) is 11.1 Å². The molecule has 7 heteroatoms. The Morgan fingerprint density at radius 1 is 1.00 bits per heavy atom. The highest BCUT2D eigenvalue weighted by Crippen LogP contribution is 2.28. The third-order valence-corrected chi connectivity index (χ3v) is 7.01. The van der Waals surface area contributed by atoms with Crippen LogP contribution >= 0.6 is 0 Å². The molecule has 150 valence electrons. The standard InChI is InChI=1S/C21H25NO5S/c1-15-5-4-6-16(2)20(15)27-21(23)17-11-13-22(14-12-17)28(24,25)19-9-7-18(26-3)8-10-19/h4-10,17H,11-14H2,1-3H3. The van der Waals surface area contributed by atoms with Gasteiger partial charge in [-0.05, 0) is 62.1 Å². The minimum absolute atomic E-state index is 0.227. The maximum atomic E-state index is 12.8. The summed E-state index contributed by atoms with van der Waals surface area (Å²) in [5, 5.41) is 0. The van der Waals surface area contributed by atoms with Gasteiger partial charge >= 0.3 is 5.97 Å². The van der Waals surface area contributed by atoms with E-state index in [9.17, 15) is 13.2 Å². The van der Waals surface area contributed by atoms with E-state index in [1.807, 2.05) is 32.0 Å². The number of benzene rings is 2. The summed E-state index contributed by atoms with van der Waals surface area (Å²) in [5.41, 5.74) is 1.82. The van der Waals surface area contributed by atoms with Gasteiger partial charge in [-0.3, -0.25) is 4.79 Å². The lowest BCUT2D eigenvalue weighted by Crippen LogP contribution is -2.41. The highest BCUT2D eigenvalue weighted by atomic mass is 32.2. The molecule has 0 bridgehead atoms. The molecule has 0 atom stereocenters. The first kappa shape index (κ1) is 20.4. The summed E-state index contributed by atoms with van der Waals surface area (Å²) in [4.78, 5) is 12.8. The van der Waals surface area contributed by atoms with Gasteiger partial charge in [-0.1, -0.05) is 18.2 Å². The molecule has 0 aromatic heterocycles. The van der Waals surface area contributed by atoms with E-state index in [1.54, 1.807) is 12.1 Å². The summed E-state index contributed by atoms with van der Waals surface area (Å²) >= 11 is 0. The Balaban J connectivity index is 1.64. The van der Waals surface area contributed by atoms with E-state index in [2.05, 4.69) is 0 Å². The van der Waals surface area contributed by atoms with Crippen LogP contribution in [-0.4, -0.2) is 38.9 Å². The molecule has 1 aliphatic heterocycles. The highest BCUT2D eigenvalue weighted by molar-refractivity contribution is 7.89. The fraction of sp³-hybridized carbons (Fsp3) is 0.381. The van der Waals surface area contributed by atoms with Crippen LogP contribution in [0.25, 0.3) is 0 Å². The maximum Gasteiger partial charge on any atom is 0.314 e. The molecule has 28 heavy (non-hydrogen) atoms. The summed E-state index contributed by atoms with van der Waals surface area (Å²) in [5.74, 6) is 0.605. The van der Waals surface area contributed by atoms with E-state index in [4.69, 9.17) is 9.47 Å². The zero-order valence-electron chi connectivity index (χ0n) is 16.3. The van der Waals surface area contributed by atoms with Crippen LogP contribution in [0.1, 0.15) is 24.0 Å². The number of hydrogen-bond donors (Lipinski definition) is 0. The smallest absolute Gasteiger partial charge is 0.314 e. The second-order valence-corrected chi connectivity index (χ2v) is 8.93. The van der Waals surface area contributed by atoms with Crippen LogP contribution in [0, 0.1) is 19.8 Å². The van der Waals surface area contributed by atoms with Gasteiger partial charge in [0, 0.05) is 13.1 Å². The van der Waals surface area contributed by atoms with E-state index < -0.39 is 10.0 Å². The molecule has 1 fully saturated rings. The van der Waals surface area contributed by atoms with Crippen molar-refractivity contribution in [3.63, 3.8) is 0 Å². The van der Waals surface area contributed by atoms with Crippen LogP contribution in [0.15, 0.2) is 47.4 Å². The normalized spacial score (nSPS) is 16.0. The molecule has 0 spiro atoms. The van der Waals surface area contributed by atoms with Crippen LogP contribution in [0.3, 0.4) is 0 Å². The second-order valence-electron chi connectivity index (χ2n) is 7.00. The number of carbonyl (C=O) groups excluding carboxylic acids is 1. The minimum Gasteiger partial charge on any atom is -0.497 e. The Morgan fingerprint density at radius 2 is 1.57 bits per heavy atom. The maximum absolute atomic E-state index is 12.8. The zero-order valence-corrected chi connectivity index (χ0v) is 17.2. The quantitative estimate of drug-likeness (QED) is 0.566. The number of sulfonamides is 1. The van der Waals surface area contributed by atoms with Crippen molar-refractivity contribution in [1.82, 2.24) is 4.31 Å². The van der Waals surface area contributed by atoms with Crippen molar-refractivity contribution >= 4 is 16.0 Å². The Bertz CT molecular complexity index is 925. The Hall–Kier alpha value is -2.38. The molecule has 2 aromatic rings. The van der Waals surface area contributed by atoms with Gasteiger partial charge in [0.05, 0.1) is 17.9 Å². The van der Waals surface area contributed by atoms with E-state index in [1.165, 1.54) is 23.5 Å². The van der Waals surface area contributed by atoms with Crippen molar-refractivity contribution in [2.75, 3.05) is 20.2 Å². The van der Waals surface area contributed by atoms with Crippen molar-refractivity contribution < 1.29 is 22.7 Å². The molecule has 0 aliphatic carbocycles. The Kier molecular flexibility index (Phi) is 6.05. The first-order chi connectivity index (χ1) is 13.3. The van der Waals surface area contributed by atoms with Crippen molar-refractivity contribution in [1.29, 1.82) is 0 Å². The lowest BCUT2D eigenvalue weighted by atomic mass is 9.98. The molecule has 0 amide bonds. The predicted molar refractivity (Wildman–Crippen MR) is 106 cm³/mol. The number of rotatable bonds is 5. The number of para-hydroxylation sites is 1. The van der Waals surface area contributed by atoms with Gasteiger partial charge in [0.25, 0.3) is 0 Å². The van der Waals surface area contributed by atoms with Crippen LogP contribution < -0.4 is 9.47 Å². The predicted octanol–water partition coefficient (Wildman–Crippen LogP) is 3.32. The van der Waals surface area contributed by atoms with Gasteiger partial charge in [0.2, 0.25) is 10.0 Å². The number of aryl methyl sites for hydroxylation is 2. The van der Waals surface area contributed by atoms with Crippen LogP contribution in [0.4, 0.5) is 0 Å². The topological polar surface area (TPSA) is 72.9 Å². The average molecular weight is 404 g/mol. The Labute approximate surface area is 166 Å². The summed E-state index contributed by atoms with van der Waals surface area (Å²) < 4.78 is 37.8. The average Bonchev–Trinajstić information content (AvgIpc) is 2.71. The summed E-state index contributed by atoms with van der Waals surface area (Å²) in [7, 11) is -2.05. The molecule has 0 unspecified atom stereocenters. The minimum atomic E-state index is -3.58. The fourth-order valence-electron chi connectivity index (χ4n) is 3.37. The number of ether oxygens (including phenoxy) is 2. The number of nitrogens with zero attached hydrogens (tertiary/aromatic N) is 1. The molecule has 0 N–H and O–H groups in total. The first-order valence-corrected chi connectivity index (χ1v) is 10.7. The molecular weight excluding hydrogens is 378 g/mol. The summed E-state index contributed by atoms with van der Waals surface area (Å²) in [6, 6.07) is 12.1. The SMILES string of the molecule is COc1ccc(S(=O)(=O)N2CCC(C(=O)Oc3c(C)cccc3C)CC2)cc1. The largest absolute Gasteiger partial charge is 0.497 e. The highest BCUT2D eigenvalue weighted by Gasteiger charge is 2.33. The molecule has 1 heterocycles. The molecule has 6 nitrogen and oxygen atoms in total. The van der Waals surface area contributed by atoms with Crippen LogP contribution in [0.5, 0.6) is 11.5 Å². The molecule has 0 radical (unpaired) electrons. The van der Waals surface area contributed by atoms with Gasteiger partial charge in [-0.25, -0.2) is 8.42 Å². The number of hydrogen-bond acceptors (Lipinski definition) is 5. The van der Waals surface area contributed by atoms with Gasteiger partial charge in [0.1, 0.15) is 11.5 Å². The van der Waals surface area contributed by atoms with Crippen LogP contribution in [-0.2, 0) is 14.8 Å². The third-order valence-electron chi connectivity index (χ3n) is 5.10. The number of carbonyl (C=O) groups is 1. The number of piperidine rings is 1. The van der Waals surface area contributed by atoms with E-state index >= 15 is 0 Å². The molecule has 1 saturated heterocycles. The van der Waals surface area contributed by atoms with Crippen LogP contribution in [0.2, 0.25) is 0 Å². The summed E-state index contributed by atoms with van der Waals surface area (Å²) in [6.07, 6.45) is 0.887. The molecule has 0 saturated carbocycles. The summed E-state index contributed by atoms with van der Waals surface area (Å²) in [6.45, 7) is 4.39. The lowest BCUT2D eigenvalue weighted by molar-refractivity contribution is -0.140. The second kappa shape index (κ2) is 8.32. The van der Waals surface area contributed by atoms with Gasteiger partial charge in [-0.15, -0.1) is 0 Å². The lowest BCUT2D eigenvalue weighted by Gasteiger charge is -2.30. The van der Waals surface area contributed by atoms with Gasteiger partial charge < -0.3 is 9.47 Å². The first-order valence-electron chi connectivity index (χ1n) is 9.25. The number of esters is 1. The van der Waals surface area contributed by atoms with Crippen molar-refractivity contribution in [2.24, 2.45) is 5.92 Å². The van der Waals surface area contributed by atoms with Gasteiger partial charge in [0.15, 0.2) is 0 Å². The third kappa shape index (κ3) is 4.20. The van der Waals surface area contributed by atoms with Crippen molar-refractivity contribution in [2.45, 2.75) is 31.6 Å². The van der Waals surface area contributed by atoms with Crippen molar-refractivity contribution in [3.8, 4) is 11.5 Å². The van der Waals surface area contributed by atoms with E-state index in [0.29, 0.717) is 37.4 Å². The Morgan fingerprint density at radius 3 is 2.11 bits per heavy atom. The fourth-order valence-corrected chi connectivity index (χ4v) is 4.84. The zero-order chi connectivity index (χ0) is 20.3. The molecule has 1 aliphatic rings. The van der Waals surface area contributed by atoms with Gasteiger partial charge in [-0.2, -0.15) is 4.31 Å².